The topological polar surface area (TPSA) is 80.8 Å². The van der Waals surface area contributed by atoms with E-state index in [9.17, 15) is 0 Å². The standard InChI is InChI=1S/C9H12N4/c1-5-4-6-7(10)2-3-8(11)9(6)13(5)12/h2-4,7,11H,10,12H2,1H3. The molecule has 1 aromatic heterocycles. The van der Waals surface area contributed by atoms with Gasteiger partial charge in [-0.25, -0.2) is 0 Å². The van der Waals surface area contributed by atoms with Crippen LogP contribution in [0.15, 0.2) is 18.2 Å². The fourth-order valence-corrected chi connectivity index (χ4v) is 1.60. The van der Waals surface area contributed by atoms with Crippen molar-refractivity contribution >= 4 is 5.71 Å². The fourth-order valence-electron chi connectivity index (χ4n) is 1.60. The Morgan fingerprint density at radius 2 is 2.23 bits per heavy atom. The molecular formula is C9H12N4. The first-order chi connectivity index (χ1) is 6.11. The number of aryl methyl sites for hydroxylation is 1. The number of nitrogen functional groups attached to an aromatic ring is 1. The summed E-state index contributed by atoms with van der Waals surface area (Å²) in [4.78, 5) is 0. The van der Waals surface area contributed by atoms with Crippen LogP contribution in [0.4, 0.5) is 0 Å². The highest BCUT2D eigenvalue weighted by Gasteiger charge is 2.21. The molecule has 68 valence electrons. The Labute approximate surface area is 76.3 Å². The molecule has 4 nitrogen and oxygen atoms in total. The molecule has 0 saturated heterocycles. The van der Waals surface area contributed by atoms with E-state index in [1.807, 2.05) is 19.1 Å². The highest BCUT2D eigenvalue weighted by molar-refractivity contribution is 6.08. The number of nitrogens with zero attached hydrogens (tertiary/aromatic N) is 1. The van der Waals surface area contributed by atoms with E-state index in [1.54, 1.807) is 6.08 Å². The Bertz CT molecular complexity index is 400. The van der Waals surface area contributed by atoms with Crippen LogP contribution < -0.4 is 11.6 Å². The first-order valence-electron chi connectivity index (χ1n) is 4.11. The summed E-state index contributed by atoms with van der Waals surface area (Å²) >= 11 is 0. The van der Waals surface area contributed by atoms with Gasteiger partial charge in [0.2, 0.25) is 0 Å². The van der Waals surface area contributed by atoms with Crippen LogP contribution in [0.2, 0.25) is 0 Å². The van der Waals surface area contributed by atoms with Crippen molar-refractivity contribution < 1.29 is 0 Å². The minimum atomic E-state index is -0.132. The summed E-state index contributed by atoms with van der Waals surface area (Å²) in [5.74, 6) is 5.76. The van der Waals surface area contributed by atoms with Crippen LogP contribution in [0.1, 0.15) is 23.0 Å². The Kier molecular flexibility index (Phi) is 1.53. The molecule has 1 aliphatic rings. The lowest BCUT2D eigenvalue weighted by atomic mass is 9.99. The molecule has 0 spiro atoms. The molecule has 0 amide bonds. The number of hydrogen-bond donors (Lipinski definition) is 3. The molecule has 0 radical (unpaired) electrons. The normalized spacial score (nSPS) is 20.5. The van der Waals surface area contributed by atoms with E-state index >= 15 is 0 Å². The van der Waals surface area contributed by atoms with E-state index in [2.05, 4.69) is 0 Å². The van der Waals surface area contributed by atoms with Crippen molar-refractivity contribution in [1.82, 2.24) is 4.68 Å². The van der Waals surface area contributed by atoms with Crippen molar-refractivity contribution in [3.05, 3.63) is 35.2 Å². The molecule has 0 aromatic carbocycles. The smallest absolute Gasteiger partial charge is 0.0920 e. The molecule has 1 heterocycles. The Morgan fingerprint density at radius 3 is 2.85 bits per heavy atom. The minimum Gasteiger partial charge on any atom is -0.339 e. The summed E-state index contributed by atoms with van der Waals surface area (Å²) < 4.78 is 1.51. The van der Waals surface area contributed by atoms with Crippen LogP contribution in [-0.2, 0) is 0 Å². The zero-order valence-electron chi connectivity index (χ0n) is 7.41. The van der Waals surface area contributed by atoms with E-state index in [-0.39, 0.29) is 6.04 Å². The third kappa shape index (κ3) is 0.990. The van der Waals surface area contributed by atoms with E-state index < -0.39 is 0 Å². The van der Waals surface area contributed by atoms with E-state index in [0.717, 1.165) is 17.0 Å². The van der Waals surface area contributed by atoms with E-state index in [0.29, 0.717) is 5.71 Å². The predicted molar refractivity (Wildman–Crippen MR) is 52.2 cm³/mol. The van der Waals surface area contributed by atoms with Crippen molar-refractivity contribution in [3.63, 3.8) is 0 Å². The number of hydrogen-bond acceptors (Lipinski definition) is 3. The SMILES string of the molecule is Cc1cc2c(n1N)C(=N)C=CC2N. The Morgan fingerprint density at radius 1 is 1.54 bits per heavy atom. The predicted octanol–water partition coefficient (Wildman–Crippen LogP) is 0.448. The van der Waals surface area contributed by atoms with Gasteiger partial charge >= 0.3 is 0 Å². The molecule has 1 aromatic rings. The molecule has 1 aliphatic carbocycles. The molecule has 1 unspecified atom stereocenters. The second-order valence-electron chi connectivity index (χ2n) is 3.26. The van der Waals surface area contributed by atoms with Gasteiger partial charge in [-0.3, -0.25) is 10.1 Å². The number of allylic oxidation sites excluding steroid dienone is 1. The summed E-state index contributed by atoms with van der Waals surface area (Å²) in [6.07, 6.45) is 3.50. The van der Waals surface area contributed by atoms with Gasteiger partial charge in [0, 0.05) is 11.3 Å². The number of rotatable bonds is 0. The summed E-state index contributed by atoms with van der Waals surface area (Å²) in [5.41, 5.74) is 8.85. The molecule has 0 fully saturated rings. The van der Waals surface area contributed by atoms with Gasteiger partial charge in [-0.15, -0.1) is 0 Å². The molecule has 0 aliphatic heterocycles. The molecule has 2 rings (SSSR count). The summed E-state index contributed by atoms with van der Waals surface area (Å²) in [6.45, 7) is 1.90. The second-order valence-corrected chi connectivity index (χ2v) is 3.26. The van der Waals surface area contributed by atoms with Gasteiger partial charge in [0.15, 0.2) is 0 Å². The maximum atomic E-state index is 7.67. The van der Waals surface area contributed by atoms with Crippen LogP contribution in [0.5, 0.6) is 0 Å². The van der Waals surface area contributed by atoms with Gasteiger partial charge in [0.1, 0.15) is 0 Å². The van der Waals surface area contributed by atoms with Crippen molar-refractivity contribution in [3.8, 4) is 0 Å². The zero-order valence-corrected chi connectivity index (χ0v) is 7.41. The number of aromatic nitrogens is 1. The van der Waals surface area contributed by atoms with Gasteiger partial charge in [-0.1, -0.05) is 6.08 Å². The Hall–Kier alpha value is -1.55. The third-order valence-corrected chi connectivity index (χ3v) is 2.34. The van der Waals surface area contributed by atoms with Crippen molar-refractivity contribution in [1.29, 1.82) is 5.41 Å². The number of fused-ring (bicyclic) bond motifs is 1. The van der Waals surface area contributed by atoms with Crippen molar-refractivity contribution in [2.45, 2.75) is 13.0 Å². The highest BCUT2D eigenvalue weighted by Crippen LogP contribution is 2.24. The molecule has 13 heavy (non-hydrogen) atoms. The maximum absolute atomic E-state index is 7.67. The fraction of sp³-hybridized carbons (Fsp3) is 0.222. The van der Waals surface area contributed by atoms with Gasteiger partial charge < -0.3 is 11.6 Å². The van der Waals surface area contributed by atoms with Crippen LogP contribution in [0.25, 0.3) is 0 Å². The number of nitrogens with one attached hydrogen (secondary N) is 1. The molecule has 0 saturated carbocycles. The van der Waals surface area contributed by atoms with Crippen LogP contribution in [0.3, 0.4) is 0 Å². The van der Waals surface area contributed by atoms with Gasteiger partial charge in [-0.2, -0.15) is 0 Å². The van der Waals surface area contributed by atoms with E-state index in [4.69, 9.17) is 17.0 Å². The lowest BCUT2D eigenvalue weighted by Crippen LogP contribution is -2.22. The van der Waals surface area contributed by atoms with Gasteiger partial charge in [0.05, 0.1) is 17.4 Å². The van der Waals surface area contributed by atoms with Gasteiger partial charge in [0.25, 0.3) is 0 Å². The summed E-state index contributed by atoms with van der Waals surface area (Å²) in [5, 5.41) is 7.67. The third-order valence-electron chi connectivity index (χ3n) is 2.34. The highest BCUT2D eigenvalue weighted by atomic mass is 15.3. The van der Waals surface area contributed by atoms with Crippen LogP contribution >= 0.6 is 0 Å². The average Bonchev–Trinajstić information content (AvgIpc) is 2.38. The maximum Gasteiger partial charge on any atom is 0.0920 e. The van der Waals surface area contributed by atoms with Gasteiger partial charge in [-0.05, 0) is 19.1 Å². The largest absolute Gasteiger partial charge is 0.339 e. The molecule has 1 atom stereocenters. The summed E-state index contributed by atoms with van der Waals surface area (Å²) in [7, 11) is 0. The van der Waals surface area contributed by atoms with Crippen LogP contribution in [-0.4, -0.2) is 10.4 Å². The summed E-state index contributed by atoms with van der Waals surface area (Å²) in [6, 6.07) is 1.80. The average molecular weight is 176 g/mol. The lowest BCUT2D eigenvalue weighted by molar-refractivity contribution is 0.877. The number of nitrogens with two attached hydrogens (primary N) is 2. The molecule has 4 heteroatoms. The van der Waals surface area contributed by atoms with E-state index in [1.165, 1.54) is 4.68 Å². The minimum absolute atomic E-state index is 0.132. The Balaban J connectivity index is 2.68. The molecule has 0 bridgehead atoms. The lowest BCUT2D eigenvalue weighted by Gasteiger charge is -2.14. The van der Waals surface area contributed by atoms with Crippen molar-refractivity contribution in [2.24, 2.45) is 5.73 Å². The monoisotopic (exact) mass is 176 g/mol. The molecular weight excluding hydrogens is 164 g/mol. The quantitative estimate of drug-likeness (QED) is 0.501. The zero-order chi connectivity index (χ0) is 9.59. The molecule has 5 N–H and O–H groups in total. The second kappa shape index (κ2) is 2.47. The van der Waals surface area contributed by atoms with Crippen LogP contribution in [0, 0.1) is 12.3 Å². The first-order valence-corrected chi connectivity index (χ1v) is 4.11. The first kappa shape index (κ1) is 8.07. The van der Waals surface area contributed by atoms with Crippen molar-refractivity contribution in [2.75, 3.05) is 5.84 Å².